The molecule has 22 heavy (non-hydrogen) atoms. The van der Waals surface area contributed by atoms with Crippen LogP contribution in [0.1, 0.15) is 23.3 Å². The van der Waals surface area contributed by atoms with Gasteiger partial charge in [0.15, 0.2) is 11.5 Å². The summed E-state index contributed by atoms with van der Waals surface area (Å²) in [6.07, 6.45) is 4.79. The number of hydrogen-bond acceptors (Lipinski definition) is 5. The van der Waals surface area contributed by atoms with Gasteiger partial charge < -0.3 is 0 Å². The first kappa shape index (κ1) is 12.2. The van der Waals surface area contributed by atoms with Crippen molar-refractivity contribution in [3.63, 3.8) is 0 Å². The monoisotopic (exact) mass is 307 g/mol. The van der Waals surface area contributed by atoms with Crippen molar-refractivity contribution < 1.29 is 0 Å². The zero-order valence-corrected chi connectivity index (χ0v) is 12.7. The minimum absolute atomic E-state index is 0.812. The van der Waals surface area contributed by atoms with Gasteiger partial charge >= 0.3 is 0 Å². The summed E-state index contributed by atoms with van der Waals surface area (Å²) in [5.41, 5.74) is 3.29. The van der Waals surface area contributed by atoms with Gasteiger partial charge in [-0.1, -0.05) is 30.3 Å². The van der Waals surface area contributed by atoms with Gasteiger partial charge in [-0.3, -0.25) is 0 Å². The van der Waals surface area contributed by atoms with Gasteiger partial charge in [0.25, 0.3) is 0 Å². The lowest BCUT2D eigenvalue weighted by atomic mass is 9.97. The zero-order valence-electron chi connectivity index (χ0n) is 11.9. The van der Waals surface area contributed by atoms with Crippen LogP contribution in [0, 0.1) is 0 Å². The molecule has 0 fully saturated rings. The molecule has 6 heteroatoms. The van der Waals surface area contributed by atoms with E-state index in [-0.39, 0.29) is 0 Å². The number of thiophene rings is 1. The maximum absolute atomic E-state index is 4.89. The molecule has 5 nitrogen and oxygen atoms in total. The molecule has 1 aromatic carbocycles. The van der Waals surface area contributed by atoms with E-state index < -0.39 is 0 Å². The molecule has 0 atom stereocenters. The van der Waals surface area contributed by atoms with Gasteiger partial charge in [-0.25, -0.2) is 4.98 Å². The summed E-state index contributed by atoms with van der Waals surface area (Å²) in [6, 6.07) is 10.1. The highest BCUT2D eigenvalue weighted by Crippen LogP contribution is 2.38. The summed E-state index contributed by atoms with van der Waals surface area (Å²) in [7, 11) is 0. The van der Waals surface area contributed by atoms with Gasteiger partial charge in [0.2, 0.25) is 0 Å². The minimum atomic E-state index is 0.812. The molecule has 0 saturated heterocycles. The van der Waals surface area contributed by atoms with E-state index in [9.17, 15) is 0 Å². The molecule has 3 heterocycles. The number of nitrogens with zero attached hydrogens (tertiary/aromatic N) is 5. The highest BCUT2D eigenvalue weighted by Gasteiger charge is 2.22. The maximum atomic E-state index is 4.89. The van der Waals surface area contributed by atoms with Crippen LogP contribution in [0.4, 0.5) is 0 Å². The van der Waals surface area contributed by atoms with Gasteiger partial charge in [0.1, 0.15) is 4.83 Å². The standard InChI is InChI=1S/C16H13N5S/c1-2-6-10(7-3-1)14-17-16-13(15-18-19-20-21(14)15)11-8-4-5-9-12(11)22-16/h1-3,6-7H,4-5,8-9H2. The number of rotatable bonds is 1. The molecule has 0 spiro atoms. The first-order valence-corrected chi connectivity index (χ1v) is 8.31. The SMILES string of the molecule is c1ccc(-c2nc3sc4c(c3c3nnnn23)CCCC4)cc1. The molecule has 0 radical (unpaired) electrons. The smallest absolute Gasteiger partial charge is 0.192 e. The van der Waals surface area contributed by atoms with Crippen molar-refractivity contribution in [2.45, 2.75) is 25.7 Å². The molecule has 3 aromatic heterocycles. The quantitative estimate of drug-likeness (QED) is 0.541. The highest BCUT2D eigenvalue weighted by atomic mass is 32.1. The van der Waals surface area contributed by atoms with Crippen LogP contribution in [0.15, 0.2) is 30.3 Å². The maximum Gasteiger partial charge on any atom is 0.192 e. The minimum Gasteiger partial charge on any atom is -0.217 e. The third-order valence-corrected chi connectivity index (χ3v) is 5.47. The van der Waals surface area contributed by atoms with Gasteiger partial charge in [-0.2, -0.15) is 4.52 Å². The fourth-order valence-electron chi connectivity index (χ4n) is 3.26. The number of aryl methyl sites for hydroxylation is 2. The van der Waals surface area contributed by atoms with Gasteiger partial charge in [-0.05, 0) is 41.7 Å². The summed E-state index contributed by atoms with van der Waals surface area (Å²) >= 11 is 1.81. The van der Waals surface area contributed by atoms with Crippen molar-refractivity contribution >= 4 is 27.2 Å². The van der Waals surface area contributed by atoms with Crippen LogP contribution in [0.3, 0.4) is 0 Å². The Kier molecular flexibility index (Phi) is 2.54. The summed E-state index contributed by atoms with van der Waals surface area (Å²) in [5.74, 6) is 0.812. The molecule has 0 N–H and O–H groups in total. The van der Waals surface area contributed by atoms with E-state index in [0.717, 1.165) is 40.1 Å². The molecule has 0 saturated carbocycles. The molecule has 0 aliphatic heterocycles. The Hall–Kier alpha value is -2.34. The molecule has 1 aliphatic carbocycles. The second kappa shape index (κ2) is 4.58. The van der Waals surface area contributed by atoms with Crippen molar-refractivity contribution in [2.24, 2.45) is 0 Å². The van der Waals surface area contributed by atoms with Crippen LogP contribution in [-0.2, 0) is 12.8 Å². The van der Waals surface area contributed by atoms with Crippen molar-refractivity contribution in [3.05, 3.63) is 40.8 Å². The molecule has 5 rings (SSSR count). The fourth-order valence-corrected chi connectivity index (χ4v) is 4.52. The molecular weight excluding hydrogens is 294 g/mol. The Morgan fingerprint density at radius 2 is 1.91 bits per heavy atom. The Morgan fingerprint density at radius 3 is 2.82 bits per heavy atom. The van der Waals surface area contributed by atoms with E-state index in [1.807, 2.05) is 30.3 Å². The molecule has 0 unspecified atom stereocenters. The highest BCUT2D eigenvalue weighted by molar-refractivity contribution is 7.19. The van der Waals surface area contributed by atoms with Gasteiger partial charge in [0, 0.05) is 10.4 Å². The van der Waals surface area contributed by atoms with E-state index in [1.54, 1.807) is 15.9 Å². The van der Waals surface area contributed by atoms with Crippen molar-refractivity contribution in [2.75, 3.05) is 0 Å². The normalized spacial score (nSPS) is 14.5. The zero-order chi connectivity index (χ0) is 14.5. The second-order valence-corrected chi connectivity index (χ2v) is 6.69. The van der Waals surface area contributed by atoms with Gasteiger partial charge in [0.05, 0.1) is 5.39 Å². The van der Waals surface area contributed by atoms with Crippen LogP contribution < -0.4 is 0 Å². The lowest BCUT2D eigenvalue weighted by molar-refractivity contribution is 0.700. The van der Waals surface area contributed by atoms with Crippen LogP contribution in [-0.4, -0.2) is 25.0 Å². The predicted molar refractivity (Wildman–Crippen MR) is 86.0 cm³/mol. The third kappa shape index (κ3) is 1.64. The van der Waals surface area contributed by atoms with E-state index in [4.69, 9.17) is 4.98 Å². The Labute approximate surface area is 130 Å². The number of hydrogen-bond donors (Lipinski definition) is 0. The van der Waals surface area contributed by atoms with E-state index in [0.29, 0.717) is 0 Å². The van der Waals surface area contributed by atoms with Crippen LogP contribution in [0.2, 0.25) is 0 Å². The lowest BCUT2D eigenvalue weighted by Gasteiger charge is -2.10. The molecule has 0 amide bonds. The van der Waals surface area contributed by atoms with Crippen molar-refractivity contribution in [1.82, 2.24) is 25.0 Å². The number of benzene rings is 1. The average molecular weight is 307 g/mol. The lowest BCUT2D eigenvalue weighted by Crippen LogP contribution is -2.01. The molecule has 0 bridgehead atoms. The topological polar surface area (TPSA) is 56.0 Å². The summed E-state index contributed by atoms with van der Waals surface area (Å²) in [4.78, 5) is 7.41. The average Bonchev–Trinajstić information content (AvgIpc) is 3.18. The van der Waals surface area contributed by atoms with Gasteiger partial charge in [-0.15, -0.1) is 16.4 Å². The Bertz CT molecular complexity index is 986. The summed E-state index contributed by atoms with van der Waals surface area (Å²) in [6.45, 7) is 0. The van der Waals surface area contributed by atoms with Crippen molar-refractivity contribution in [3.8, 4) is 11.4 Å². The van der Waals surface area contributed by atoms with E-state index >= 15 is 0 Å². The number of aromatic nitrogens is 5. The Morgan fingerprint density at radius 1 is 1.05 bits per heavy atom. The molecular formula is C16H13N5S. The molecule has 4 aromatic rings. The Balaban J connectivity index is 1.90. The second-order valence-electron chi connectivity index (χ2n) is 5.61. The largest absolute Gasteiger partial charge is 0.217 e. The summed E-state index contributed by atoms with van der Waals surface area (Å²) in [5, 5.41) is 13.5. The first-order valence-electron chi connectivity index (χ1n) is 7.49. The van der Waals surface area contributed by atoms with E-state index in [2.05, 4.69) is 15.5 Å². The third-order valence-electron chi connectivity index (χ3n) is 4.29. The first-order chi connectivity index (χ1) is 10.9. The predicted octanol–water partition coefficient (Wildman–Crippen LogP) is 3.28. The van der Waals surface area contributed by atoms with E-state index in [1.165, 1.54) is 23.3 Å². The van der Waals surface area contributed by atoms with Crippen LogP contribution in [0.5, 0.6) is 0 Å². The molecule has 1 aliphatic rings. The van der Waals surface area contributed by atoms with Crippen LogP contribution >= 0.6 is 11.3 Å². The molecule has 108 valence electrons. The van der Waals surface area contributed by atoms with Crippen molar-refractivity contribution in [1.29, 1.82) is 0 Å². The fraction of sp³-hybridized carbons (Fsp3) is 0.250. The number of tetrazole rings is 1. The number of fused-ring (bicyclic) bond motifs is 5. The van der Waals surface area contributed by atoms with Crippen LogP contribution in [0.25, 0.3) is 27.3 Å². The summed E-state index contributed by atoms with van der Waals surface area (Å²) < 4.78 is 1.78.